The predicted molar refractivity (Wildman–Crippen MR) is 53.1 cm³/mol. The molecule has 1 aromatic rings. The van der Waals surface area contributed by atoms with Crippen molar-refractivity contribution in [2.45, 2.75) is 25.1 Å². The van der Waals surface area contributed by atoms with Gasteiger partial charge in [-0.2, -0.15) is 23.5 Å². The maximum absolute atomic E-state index is 12.4. The van der Waals surface area contributed by atoms with Gasteiger partial charge in [-0.05, 0) is 12.8 Å². The van der Waals surface area contributed by atoms with E-state index in [4.69, 9.17) is 5.11 Å². The molecule has 104 valence electrons. The van der Waals surface area contributed by atoms with E-state index in [0.29, 0.717) is 11.3 Å². The normalized spacial score (nSPS) is 19.7. The number of carboxylic acids is 1. The fraction of sp³-hybridized carbons (Fsp3) is 0.556. The van der Waals surface area contributed by atoms with Crippen LogP contribution in [0, 0.1) is 0 Å². The lowest BCUT2D eigenvalue weighted by atomic mass is 10.1. The first-order chi connectivity index (χ1) is 8.82. The van der Waals surface area contributed by atoms with Crippen LogP contribution in [0.15, 0.2) is 0 Å². The molecule has 1 amide bonds. The SMILES string of the molecule is O=C(O)c1n[nH]nc1C1CCCN1C(=O)C(F)(F)F. The Morgan fingerprint density at radius 3 is 2.63 bits per heavy atom. The van der Waals surface area contributed by atoms with Crippen LogP contribution in [0.4, 0.5) is 13.2 Å². The number of nitrogens with one attached hydrogen (secondary N) is 1. The first kappa shape index (κ1) is 13.3. The van der Waals surface area contributed by atoms with Crippen molar-refractivity contribution < 1.29 is 27.9 Å². The van der Waals surface area contributed by atoms with Crippen molar-refractivity contribution in [1.82, 2.24) is 20.3 Å². The standard InChI is InChI=1S/C9H9F3N4O3/c10-9(11,12)8(19)16-3-1-2-4(16)5-6(7(17)18)14-15-13-5/h4H,1-3H2,(H,17,18)(H,13,14,15). The molecule has 0 aliphatic carbocycles. The molecular formula is C9H9F3N4O3. The molecule has 10 heteroatoms. The summed E-state index contributed by atoms with van der Waals surface area (Å²) in [5.41, 5.74) is -0.616. The molecule has 1 aliphatic heterocycles. The van der Waals surface area contributed by atoms with E-state index >= 15 is 0 Å². The molecule has 1 aliphatic rings. The van der Waals surface area contributed by atoms with Gasteiger partial charge in [-0.1, -0.05) is 0 Å². The van der Waals surface area contributed by atoms with Crippen molar-refractivity contribution in [2.24, 2.45) is 0 Å². The molecule has 0 aromatic carbocycles. The van der Waals surface area contributed by atoms with E-state index in [-0.39, 0.29) is 18.7 Å². The number of hydrogen-bond donors (Lipinski definition) is 2. The van der Waals surface area contributed by atoms with E-state index in [9.17, 15) is 22.8 Å². The Bertz CT molecular complexity index is 513. The van der Waals surface area contributed by atoms with Gasteiger partial charge >= 0.3 is 18.1 Å². The molecule has 0 spiro atoms. The van der Waals surface area contributed by atoms with Gasteiger partial charge in [0.2, 0.25) is 0 Å². The average molecular weight is 278 g/mol. The second-order valence-corrected chi connectivity index (χ2v) is 4.02. The molecule has 0 bridgehead atoms. The number of aromatic carboxylic acids is 1. The van der Waals surface area contributed by atoms with E-state index in [0.717, 1.165) is 0 Å². The van der Waals surface area contributed by atoms with Crippen LogP contribution < -0.4 is 0 Å². The van der Waals surface area contributed by atoms with Gasteiger partial charge in [-0.15, -0.1) is 5.10 Å². The highest BCUT2D eigenvalue weighted by Crippen LogP contribution is 2.35. The molecule has 0 saturated carbocycles. The molecule has 1 unspecified atom stereocenters. The molecule has 1 atom stereocenters. The first-order valence-corrected chi connectivity index (χ1v) is 5.34. The molecule has 1 fully saturated rings. The summed E-state index contributed by atoms with van der Waals surface area (Å²) in [6.07, 6.45) is -4.43. The Kier molecular flexibility index (Phi) is 3.16. The van der Waals surface area contributed by atoms with E-state index in [2.05, 4.69) is 15.4 Å². The largest absolute Gasteiger partial charge is 0.476 e. The maximum atomic E-state index is 12.4. The summed E-state index contributed by atoms with van der Waals surface area (Å²) in [6.45, 7) is -0.0884. The summed E-state index contributed by atoms with van der Waals surface area (Å²) in [5.74, 6) is -3.40. The number of aromatic amines is 1. The number of rotatable bonds is 2. The summed E-state index contributed by atoms with van der Waals surface area (Å²) in [7, 11) is 0. The fourth-order valence-corrected chi connectivity index (χ4v) is 2.09. The van der Waals surface area contributed by atoms with Crippen LogP contribution in [0.3, 0.4) is 0 Å². The second-order valence-electron chi connectivity index (χ2n) is 4.02. The van der Waals surface area contributed by atoms with E-state index in [1.807, 2.05) is 0 Å². The van der Waals surface area contributed by atoms with Gasteiger partial charge in [-0.3, -0.25) is 4.79 Å². The molecule has 2 heterocycles. The summed E-state index contributed by atoms with van der Waals surface area (Å²) in [4.78, 5) is 22.7. The van der Waals surface area contributed by atoms with Gasteiger partial charge in [0.25, 0.3) is 0 Å². The first-order valence-electron chi connectivity index (χ1n) is 5.34. The van der Waals surface area contributed by atoms with Crippen molar-refractivity contribution in [3.8, 4) is 0 Å². The number of hydrogen-bond acceptors (Lipinski definition) is 4. The minimum Gasteiger partial charge on any atom is -0.476 e. The Morgan fingerprint density at radius 2 is 2.05 bits per heavy atom. The minimum absolute atomic E-state index is 0.0884. The van der Waals surface area contributed by atoms with Crippen molar-refractivity contribution >= 4 is 11.9 Å². The fourth-order valence-electron chi connectivity index (χ4n) is 2.09. The van der Waals surface area contributed by atoms with Gasteiger partial charge in [-0.25, -0.2) is 4.79 Å². The van der Waals surface area contributed by atoms with Crippen molar-refractivity contribution in [3.05, 3.63) is 11.4 Å². The van der Waals surface area contributed by atoms with E-state index in [1.165, 1.54) is 0 Å². The van der Waals surface area contributed by atoms with Crippen LogP contribution in [0.25, 0.3) is 0 Å². The van der Waals surface area contributed by atoms with Crippen molar-refractivity contribution in [3.63, 3.8) is 0 Å². The lowest BCUT2D eigenvalue weighted by Gasteiger charge is -2.24. The zero-order valence-corrected chi connectivity index (χ0v) is 9.44. The number of carbonyl (C=O) groups excluding carboxylic acids is 1. The third kappa shape index (κ3) is 2.37. The molecule has 19 heavy (non-hydrogen) atoms. The number of alkyl halides is 3. The van der Waals surface area contributed by atoms with Gasteiger partial charge < -0.3 is 10.0 Å². The Hall–Kier alpha value is -2.13. The Balaban J connectivity index is 2.31. The number of nitrogens with zero attached hydrogens (tertiary/aromatic N) is 3. The highest BCUT2D eigenvalue weighted by atomic mass is 19.4. The molecule has 7 nitrogen and oxygen atoms in total. The number of halogens is 3. The summed E-state index contributed by atoms with van der Waals surface area (Å²) < 4.78 is 37.3. The topological polar surface area (TPSA) is 99.2 Å². The molecule has 1 saturated heterocycles. The van der Waals surface area contributed by atoms with Crippen LogP contribution in [0.2, 0.25) is 0 Å². The quantitative estimate of drug-likeness (QED) is 0.830. The van der Waals surface area contributed by atoms with E-state index in [1.54, 1.807) is 0 Å². The number of likely N-dealkylation sites (tertiary alicyclic amines) is 1. The number of H-pyrrole nitrogens is 1. The highest BCUT2D eigenvalue weighted by Gasteiger charge is 2.47. The Labute approximate surface area is 104 Å². The van der Waals surface area contributed by atoms with Crippen LogP contribution in [0.5, 0.6) is 0 Å². The van der Waals surface area contributed by atoms with Gasteiger partial charge in [0.05, 0.1) is 6.04 Å². The minimum atomic E-state index is -4.99. The van der Waals surface area contributed by atoms with Gasteiger partial charge in [0.1, 0.15) is 5.69 Å². The van der Waals surface area contributed by atoms with E-state index < -0.39 is 29.8 Å². The van der Waals surface area contributed by atoms with Crippen LogP contribution in [-0.2, 0) is 4.79 Å². The number of amides is 1. The van der Waals surface area contributed by atoms with Crippen LogP contribution in [0.1, 0.15) is 35.1 Å². The zero-order chi connectivity index (χ0) is 14.2. The van der Waals surface area contributed by atoms with Crippen LogP contribution in [-0.4, -0.2) is 50.0 Å². The maximum Gasteiger partial charge on any atom is 0.471 e. The number of carboxylic acid groups (broad SMARTS) is 1. The van der Waals surface area contributed by atoms with Crippen LogP contribution >= 0.6 is 0 Å². The van der Waals surface area contributed by atoms with Crippen molar-refractivity contribution in [2.75, 3.05) is 6.54 Å². The number of carbonyl (C=O) groups is 2. The molecule has 1 aromatic heterocycles. The monoisotopic (exact) mass is 278 g/mol. The third-order valence-corrected chi connectivity index (χ3v) is 2.85. The summed E-state index contributed by atoms with van der Waals surface area (Å²) >= 11 is 0. The highest BCUT2D eigenvalue weighted by molar-refractivity contribution is 5.87. The zero-order valence-electron chi connectivity index (χ0n) is 9.44. The molecule has 2 rings (SSSR count). The average Bonchev–Trinajstić information content (AvgIpc) is 2.94. The molecule has 2 N–H and O–H groups in total. The Morgan fingerprint density at radius 1 is 1.37 bits per heavy atom. The summed E-state index contributed by atoms with van der Waals surface area (Å²) in [5, 5.41) is 17.8. The lowest BCUT2D eigenvalue weighted by molar-refractivity contribution is -0.186. The summed E-state index contributed by atoms with van der Waals surface area (Å²) in [6, 6.07) is -1.01. The number of aromatic nitrogens is 3. The van der Waals surface area contributed by atoms with Crippen molar-refractivity contribution in [1.29, 1.82) is 0 Å². The van der Waals surface area contributed by atoms with Gasteiger partial charge in [0, 0.05) is 6.54 Å². The third-order valence-electron chi connectivity index (χ3n) is 2.85. The molecule has 0 radical (unpaired) electrons. The predicted octanol–water partition coefficient (Wildman–Crippen LogP) is 0.729. The van der Waals surface area contributed by atoms with Gasteiger partial charge in [0.15, 0.2) is 5.69 Å². The second kappa shape index (κ2) is 4.52. The smallest absolute Gasteiger partial charge is 0.471 e. The molecular weight excluding hydrogens is 269 g/mol. The lowest BCUT2D eigenvalue weighted by Crippen LogP contribution is -2.41.